The third-order valence-corrected chi connectivity index (χ3v) is 6.08. The monoisotopic (exact) mass is 324 g/mol. The molecule has 5 heteroatoms. The van der Waals surface area contributed by atoms with E-state index in [0.717, 1.165) is 12.8 Å². The molecule has 22 heavy (non-hydrogen) atoms. The van der Waals surface area contributed by atoms with Crippen LogP contribution in [0.5, 0.6) is 5.75 Å². The Labute approximate surface area is 134 Å². The average molecular weight is 324 g/mol. The Hall–Kier alpha value is -1.07. The van der Waals surface area contributed by atoms with Crippen LogP contribution in [0.1, 0.15) is 42.5 Å². The van der Waals surface area contributed by atoms with Crippen molar-refractivity contribution in [3.63, 3.8) is 0 Å². The molecule has 2 saturated heterocycles. The highest BCUT2D eigenvalue weighted by Crippen LogP contribution is 2.44. The van der Waals surface area contributed by atoms with Gasteiger partial charge in [-0.3, -0.25) is 4.79 Å². The minimum Gasteiger partial charge on any atom is -0.467 e. The lowest BCUT2D eigenvalue weighted by Gasteiger charge is -2.38. The summed E-state index contributed by atoms with van der Waals surface area (Å²) < 4.78 is 24.2. The molecule has 3 nitrogen and oxygen atoms in total. The summed E-state index contributed by atoms with van der Waals surface area (Å²) >= 11 is 2.03. The molecule has 0 radical (unpaired) electrons. The van der Waals surface area contributed by atoms with Crippen molar-refractivity contribution in [1.82, 2.24) is 0 Å². The zero-order chi connectivity index (χ0) is 15.5. The van der Waals surface area contributed by atoms with Crippen molar-refractivity contribution < 1.29 is 18.7 Å². The van der Waals surface area contributed by atoms with Crippen molar-refractivity contribution in [2.75, 3.05) is 13.9 Å². The predicted molar refractivity (Wildman–Crippen MR) is 85.0 cm³/mol. The number of fused-ring (bicyclic) bond motifs is 2. The van der Waals surface area contributed by atoms with Crippen molar-refractivity contribution in [3.8, 4) is 5.75 Å². The standard InChI is InChI=1S/C17H21FO3S/c1-20-10-21-12-5-6-15(16(18)9-12)17(19)11-7-13-3-2-4-14(8-11)22-13/h5-6,9,11,13-14H,2-4,7-8,10H2,1H3. The number of carbonyl (C=O) groups excluding carboxylic acids is 1. The van der Waals surface area contributed by atoms with Gasteiger partial charge >= 0.3 is 0 Å². The van der Waals surface area contributed by atoms with Gasteiger partial charge < -0.3 is 9.47 Å². The molecule has 2 aliphatic rings. The number of benzene rings is 1. The van der Waals surface area contributed by atoms with E-state index in [1.807, 2.05) is 11.8 Å². The van der Waals surface area contributed by atoms with Gasteiger partial charge in [-0.2, -0.15) is 11.8 Å². The van der Waals surface area contributed by atoms with E-state index in [1.54, 1.807) is 12.1 Å². The summed E-state index contributed by atoms with van der Waals surface area (Å²) in [7, 11) is 1.51. The van der Waals surface area contributed by atoms with Crippen LogP contribution in [0.4, 0.5) is 4.39 Å². The Morgan fingerprint density at radius 1 is 1.32 bits per heavy atom. The molecular formula is C17H21FO3S. The van der Waals surface area contributed by atoms with E-state index >= 15 is 0 Å². The molecule has 2 aliphatic heterocycles. The maximum atomic E-state index is 14.2. The fraction of sp³-hybridized carbons (Fsp3) is 0.588. The number of hydrogen-bond acceptors (Lipinski definition) is 4. The van der Waals surface area contributed by atoms with Crippen LogP contribution in [0.25, 0.3) is 0 Å². The number of ketones is 1. The molecule has 0 aliphatic carbocycles. The number of halogens is 1. The normalized spacial score (nSPS) is 27.5. The molecule has 0 saturated carbocycles. The fourth-order valence-electron chi connectivity index (χ4n) is 3.41. The van der Waals surface area contributed by atoms with E-state index in [1.165, 1.54) is 32.4 Å². The van der Waals surface area contributed by atoms with Crippen LogP contribution in [-0.4, -0.2) is 30.2 Å². The Morgan fingerprint density at radius 2 is 2.05 bits per heavy atom. The Kier molecular flexibility index (Phi) is 5.03. The molecule has 0 amide bonds. The van der Waals surface area contributed by atoms with Crippen LogP contribution >= 0.6 is 11.8 Å². The van der Waals surface area contributed by atoms with Crippen molar-refractivity contribution in [1.29, 1.82) is 0 Å². The predicted octanol–water partition coefficient (Wildman–Crippen LogP) is 4.06. The number of rotatable bonds is 5. The fourth-order valence-corrected chi connectivity index (χ4v) is 5.24. The van der Waals surface area contributed by atoms with Crippen molar-refractivity contribution in [2.45, 2.75) is 42.6 Å². The highest BCUT2D eigenvalue weighted by Gasteiger charge is 2.36. The maximum absolute atomic E-state index is 14.2. The molecule has 2 heterocycles. The van der Waals surface area contributed by atoms with Gasteiger partial charge in [-0.05, 0) is 37.8 Å². The zero-order valence-corrected chi connectivity index (χ0v) is 13.5. The molecule has 1 aromatic carbocycles. The number of Topliss-reactive ketones (excluding diaryl/α,β-unsaturated/α-hetero) is 1. The molecule has 2 unspecified atom stereocenters. The number of ether oxygens (including phenoxy) is 2. The van der Waals surface area contributed by atoms with Crippen LogP contribution in [0, 0.1) is 11.7 Å². The summed E-state index contributed by atoms with van der Waals surface area (Å²) in [6.45, 7) is 0.0654. The third-order valence-electron chi connectivity index (χ3n) is 4.45. The summed E-state index contributed by atoms with van der Waals surface area (Å²) in [5.74, 6) is -0.196. The van der Waals surface area contributed by atoms with Gasteiger partial charge in [0.25, 0.3) is 0 Å². The van der Waals surface area contributed by atoms with Crippen LogP contribution in [0.15, 0.2) is 18.2 Å². The number of hydrogen-bond donors (Lipinski definition) is 0. The van der Waals surface area contributed by atoms with E-state index < -0.39 is 5.82 Å². The van der Waals surface area contributed by atoms with Gasteiger partial charge in [0.2, 0.25) is 0 Å². The number of methoxy groups -OCH3 is 1. The minimum absolute atomic E-state index is 0.0307. The highest BCUT2D eigenvalue weighted by atomic mass is 32.2. The molecule has 2 bridgehead atoms. The van der Waals surface area contributed by atoms with Gasteiger partial charge in [-0.1, -0.05) is 6.42 Å². The van der Waals surface area contributed by atoms with E-state index in [9.17, 15) is 9.18 Å². The van der Waals surface area contributed by atoms with E-state index in [4.69, 9.17) is 9.47 Å². The Bertz CT molecular complexity index is 537. The van der Waals surface area contributed by atoms with Crippen LogP contribution in [0.3, 0.4) is 0 Å². The summed E-state index contributed by atoms with van der Waals surface area (Å²) in [5, 5.41) is 1.16. The summed E-state index contributed by atoms with van der Waals surface area (Å²) in [6.07, 6.45) is 5.43. The second-order valence-corrected chi connectivity index (χ2v) is 7.64. The molecule has 1 aromatic rings. The lowest BCUT2D eigenvalue weighted by molar-refractivity contribution is 0.0509. The van der Waals surface area contributed by atoms with E-state index in [-0.39, 0.29) is 24.1 Å². The zero-order valence-electron chi connectivity index (χ0n) is 12.7. The molecule has 0 spiro atoms. The molecular weight excluding hydrogens is 303 g/mol. The van der Waals surface area contributed by atoms with E-state index in [0.29, 0.717) is 16.2 Å². The van der Waals surface area contributed by atoms with Gasteiger partial charge in [-0.15, -0.1) is 0 Å². The lowest BCUT2D eigenvalue weighted by atomic mass is 9.84. The molecule has 120 valence electrons. The topological polar surface area (TPSA) is 35.5 Å². The average Bonchev–Trinajstić information content (AvgIpc) is 2.52. The van der Waals surface area contributed by atoms with Gasteiger partial charge in [-0.25, -0.2) is 4.39 Å². The first-order valence-corrected chi connectivity index (χ1v) is 8.72. The number of carbonyl (C=O) groups is 1. The summed E-state index contributed by atoms with van der Waals surface area (Å²) in [6, 6.07) is 4.44. The largest absolute Gasteiger partial charge is 0.467 e. The van der Waals surface area contributed by atoms with Crippen molar-refractivity contribution >= 4 is 17.5 Å². The Balaban J connectivity index is 1.71. The first kappa shape index (κ1) is 15.8. The number of thioether (sulfide) groups is 1. The van der Waals surface area contributed by atoms with Crippen LogP contribution in [-0.2, 0) is 4.74 Å². The van der Waals surface area contributed by atoms with Crippen molar-refractivity contribution in [2.24, 2.45) is 5.92 Å². The highest BCUT2D eigenvalue weighted by molar-refractivity contribution is 8.00. The van der Waals surface area contributed by atoms with Crippen LogP contribution in [0.2, 0.25) is 0 Å². The summed E-state index contributed by atoms with van der Waals surface area (Å²) in [4.78, 5) is 12.7. The quantitative estimate of drug-likeness (QED) is 0.604. The van der Waals surface area contributed by atoms with Crippen LogP contribution < -0.4 is 4.74 Å². The SMILES string of the molecule is COCOc1ccc(C(=O)C2CC3CCCC(C2)S3)c(F)c1. The molecule has 2 atom stereocenters. The Morgan fingerprint density at radius 3 is 2.68 bits per heavy atom. The molecule has 2 fully saturated rings. The molecule has 0 aromatic heterocycles. The summed E-state index contributed by atoms with van der Waals surface area (Å²) in [5.41, 5.74) is 0.194. The van der Waals surface area contributed by atoms with Gasteiger partial charge in [0.05, 0.1) is 5.56 Å². The second-order valence-electron chi connectivity index (χ2n) is 6.04. The molecule has 3 rings (SSSR count). The lowest BCUT2D eigenvalue weighted by Crippen LogP contribution is -2.33. The van der Waals surface area contributed by atoms with E-state index in [2.05, 4.69) is 0 Å². The third kappa shape index (κ3) is 3.46. The van der Waals surface area contributed by atoms with Gasteiger partial charge in [0, 0.05) is 29.6 Å². The van der Waals surface area contributed by atoms with Crippen molar-refractivity contribution in [3.05, 3.63) is 29.6 Å². The minimum atomic E-state index is -0.498. The van der Waals surface area contributed by atoms with Gasteiger partial charge in [0.1, 0.15) is 11.6 Å². The first-order chi connectivity index (χ1) is 10.7. The molecule has 0 N–H and O–H groups in total. The maximum Gasteiger partial charge on any atom is 0.188 e. The van der Waals surface area contributed by atoms with Gasteiger partial charge in [0.15, 0.2) is 12.6 Å². The smallest absolute Gasteiger partial charge is 0.188 e. The second kappa shape index (κ2) is 7.01. The first-order valence-electron chi connectivity index (χ1n) is 7.78.